The topological polar surface area (TPSA) is 71.0 Å². The number of benzene rings is 1. The fourth-order valence-corrected chi connectivity index (χ4v) is 4.09. The molecule has 1 aromatic carbocycles. The summed E-state index contributed by atoms with van der Waals surface area (Å²) in [5.41, 5.74) is 5.68. The summed E-state index contributed by atoms with van der Waals surface area (Å²) in [4.78, 5) is 3.59. The molecule has 116 valence electrons. The number of nitrogens with two attached hydrogens (primary N) is 1. The van der Waals surface area contributed by atoms with E-state index < -0.39 is 34.7 Å². The summed E-state index contributed by atoms with van der Waals surface area (Å²) in [5, 5.41) is 0. The lowest BCUT2D eigenvalue weighted by Gasteiger charge is -2.34. The minimum absolute atomic E-state index is 0.130. The molecule has 0 amide bonds. The summed E-state index contributed by atoms with van der Waals surface area (Å²) in [5.74, 6) is -4.35. The summed E-state index contributed by atoms with van der Waals surface area (Å²) >= 11 is 0. The SMILES string of the molecule is C/N=C(/N)N1CC(F)(F)CN=S1(=O)Cc1ccccc1F. The molecule has 21 heavy (non-hydrogen) atoms. The highest BCUT2D eigenvalue weighted by Gasteiger charge is 2.41. The molecule has 0 aliphatic carbocycles. The van der Waals surface area contributed by atoms with Crippen LogP contribution in [-0.2, 0) is 15.7 Å². The summed E-state index contributed by atoms with van der Waals surface area (Å²) in [6.45, 7) is -1.74. The van der Waals surface area contributed by atoms with Crippen LogP contribution < -0.4 is 5.73 Å². The zero-order valence-electron chi connectivity index (χ0n) is 11.3. The molecule has 9 heteroatoms. The van der Waals surface area contributed by atoms with Crippen LogP contribution in [0.5, 0.6) is 0 Å². The summed E-state index contributed by atoms with van der Waals surface area (Å²) in [6.07, 6.45) is 0. The predicted octanol–water partition coefficient (Wildman–Crippen LogP) is 1.60. The first-order valence-corrected chi connectivity index (χ1v) is 7.73. The average Bonchev–Trinajstić information content (AvgIpc) is 2.44. The molecule has 0 saturated carbocycles. The maximum atomic E-state index is 13.7. The van der Waals surface area contributed by atoms with E-state index in [9.17, 15) is 17.4 Å². The Hall–Kier alpha value is -1.77. The molecular weight excluding hydrogens is 305 g/mol. The Morgan fingerprint density at radius 3 is 2.81 bits per heavy atom. The second kappa shape index (κ2) is 5.55. The second-order valence-corrected chi connectivity index (χ2v) is 6.81. The molecule has 0 bridgehead atoms. The van der Waals surface area contributed by atoms with E-state index in [-0.39, 0.29) is 17.3 Å². The first-order valence-electron chi connectivity index (χ1n) is 6.09. The van der Waals surface area contributed by atoms with Gasteiger partial charge < -0.3 is 5.73 Å². The van der Waals surface area contributed by atoms with Crippen molar-refractivity contribution in [1.29, 1.82) is 0 Å². The monoisotopic (exact) mass is 320 g/mol. The second-order valence-electron chi connectivity index (χ2n) is 4.60. The molecule has 0 saturated heterocycles. The van der Waals surface area contributed by atoms with Crippen LogP contribution in [0, 0.1) is 5.82 Å². The molecule has 1 aromatic rings. The number of rotatable bonds is 2. The molecule has 1 aliphatic heterocycles. The van der Waals surface area contributed by atoms with Crippen molar-refractivity contribution in [3.8, 4) is 0 Å². The fourth-order valence-electron chi connectivity index (χ4n) is 1.91. The van der Waals surface area contributed by atoms with E-state index in [1.807, 2.05) is 0 Å². The molecule has 1 atom stereocenters. The van der Waals surface area contributed by atoms with E-state index in [0.29, 0.717) is 0 Å². The van der Waals surface area contributed by atoms with Gasteiger partial charge in [0.15, 0.2) is 0 Å². The van der Waals surface area contributed by atoms with Crippen molar-refractivity contribution in [2.75, 3.05) is 20.1 Å². The zero-order chi connectivity index (χ0) is 15.7. The van der Waals surface area contributed by atoms with Crippen LogP contribution in [0.4, 0.5) is 13.2 Å². The Balaban J connectivity index is 2.44. The minimum atomic E-state index is -3.31. The van der Waals surface area contributed by atoms with Gasteiger partial charge >= 0.3 is 0 Å². The van der Waals surface area contributed by atoms with Crippen molar-refractivity contribution in [1.82, 2.24) is 4.31 Å². The van der Waals surface area contributed by atoms with Gasteiger partial charge in [-0.2, -0.15) is 0 Å². The molecule has 0 spiro atoms. The van der Waals surface area contributed by atoms with E-state index in [1.165, 1.54) is 25.2 Å². The first kappa shape index (κ1) is 15.6. The maximum Gasteiger partial charge on any atom is 0.286 e. The fraction of sp³-hybridized carbons (Fsp3) is 0.417. The van der Waals surface area contributed by atoms with Crippen LogP contribution in [0.1, 0.15) is 5.56 Å². The largest absolute Gasteiger partial charge is 0.369 e. The van der Waals surface area contributed by atoms with Crippen LogP contribution in [-0.4, -0.2) is 40.5 Å². The van der Waals surface area contributed by atoms with Crippen LogP contribution >= 0.6 is 0 Å². The van der Waals surface area contributed by atoms with Gasteiger partial charge in [0.1, 0.15) is 28.8 Å². The minimum Gasteiger partial charge on any atom is -0.369 e. The third-order valence-electron chi connectivity index (χ3n) is 3.00. The maximum absolute atomic E-state index is 13.7. The van der Waals surface area contributed by atoms with Gasteiger partial charge in [-0.15, -0.1) is 0 Å². The Kier molecular flexibility index (Phi) is 4.13. The molecule has 1 aliphatic rings. The molecule has 1 unspecified atom stereocenters. The van der Waals surface area contributed by atoms with E-state index in [1.54, 1.807) is 6.07 Å². The quantitative estimate of drug-likeness (QED) is 0.664. The van der Waals surface area contributed by atoms with Gasteiger partial charge in [0.25, 0.3) is 5.92 Å². The molecule has 0 fully saturated rings. The zero-order valence-corrected chi connectivity index (χ0v) is 12.1. The van der Waals surface area contributed by atoms with Crippen LogP contribution in [0.15, 0.2) is 33.6 Å². The average molecular weight is 320 g/mol. The normalized spacial score (nSPS) is 25.5. The molecular formula is C12H15F3N4OS. The van der Waals surface area contributed by atoms with E-state index in [4.69, 9.17) is 5.73 Å². The molecule has 5 nitrogen and oxygen atoms in total. The van der Waals surface area contributed by atoms with Gasteiger partial charge in [0, 0.05) is 12.6 Å². The van der Waals surface area contributed by atoms with Gasteiger partial charge in [-0.25, -0.2) is 26.0 Å². The molecule has 0 aromatic heterocycles. The highest BCUT2D eigenvalue weighted by Crippen LogP contribution is 2.27. The number of alkyl halides is 2. The Morgan fingerprint density at radius 1 is 1.52 bits per heavy atom. The number of hydrogen-bond acceptors (Lipinski definition) is 3. The number of nitrogens with zero attached hydrogens (tertiary/aromatic N) is 3. The van der Waals surface area contributed by atoms with Crippen LogP contribution in [0.3, 0.4) is 0 Å². The van der Waals surface area contributed by atoms with Gasteiger partial charge in [0.05, 0.1) is 5.75 Å². The number of aliphatic imine (C=N–C) groups is 1. The summed E-state index contributed by atoms with van der Waals surface area (Å²) in [7, 11) is -2.01. The lowest BCUT2D eigenvalue weighted by atomic mass is 10.2. The highest BCUT2D eigenvalue weighted by atomic mass is 32.2. The number of halogens is 3. The molecule has 0 radical (unpaired) electrons. The summed E-state index contributed by atoms with van der Waals surface area (Å²) < 4.78 is 57.8. The van der Waals surface area contributed by atoms with Crippen LogP contribution in [0.25, 0.3) is 0 Å². The first-order chi connectivity index (χ1) is 9.77. The van der Waals surface area contributed by atoms with E-state index in [2.05, 4.69) is 9.36 Å². The highest BCUT2D eigenvalue weighted by molar-refractivity contribution is 7.91. The van der Waals surface area contributed by atoms with E-state index >= 15 is 0 Å². The van der Waals surface area contributed by atoms with Crippen molar-refractivity contribution >= 4 is 15.9 Å². The number of guanidine groups is 1. The van der Waals surface area contributed by atoms with Crippen LogP contribution in [0.2, 0.25) is 0 Å². The summed E-state index contributed by atoms with van der Waals surface area (Å²) in [6, 6.07) is 5.69. The predicted molar refractivity (Wildman–Crippen MR) is 74.7 cm³/mol. The molecule has 1 heterocycles. The smallest absolute Gasteiger partial charge is 0.286 e. The lowest BCUT2D eigenvalue weighted by molar-refractivity contribution is 0.000183. The van der Waals surface area contributed by atoms with Crippen molar-refractivity contribution in [2.45, 2.75) is 11.7 Å². The van der Waals surface area contributed by atoms with Gasteiger partial charge in [-0.3, -0.25) is 4.99 Å². The third kappa shape index (κ3) is 3.29. The van der Waals surface area contributed by atoms with Gasteiger partial charge in [0.2, 0.25) is 5.96 Å². The molecule has 2 N–H and O–H groups in total. The van der Waals surface area contributed by atoms with Gasteiger partial charge in [-0.05, 0) is 6.07 Å². The van der Waals surface area contributed by atoms with Crippen molar-refractivity contribution < 1.29 is 17.4 Å². The lowest BCUT2D eigenvalue weighted by Crippen LogP contribution is -2.52. The Morgan fingerprint density at radius 2 is 2.19 bits per heavy atom. The molecule has 2 rings (SSSR count). The number of hydrogen-bond donors (Lipinski definition) is 1. The Labute approximate surface area is 121 Å². The van der Waals surface area contributed by atoms with Gasteiger partial charge in [-0.1, -0.05) is 18.2 Å². The standard InChI is InChI=1S/C12H15F3N4OS/c1-17-11(16)19-8-12(14,15)7-18-21(19,20)6-9-4-2-3-5-10(9)13/h2-5H,6-8H2,1H3,(H2,16,17). The van der Waals surface area contributed by atoms with Crippen molar-refractivity contribution in [3.63, 3.8) is 0 Å². The van der Waals surface area contributed by atoms with Crippen molar-refractivity contribution in [2.24, 2.45) is 15.1 Å². The Bertz CT molecular complexity index is 683. The van der Waals surface area contributed by atoms with Crippen molar-refractivity contribution in [3.05, 3.63) is 35.6 Å². The van der Waals surface area contributed by atoms with E-state index in [0.717, 1.165) is 4.31 Å². The third-order valence-corrected chi connectivity index (χ3v) is 5.23.